The zero-order valence-corrected chi connectivity index (χ0v) is 7.77. The molecule has 84 valence electrons. The average Bonchev–Trinajstić information content (AvgIpc) is 2.67. The quantitative estimate of drug-likeness (QED) is 0.746. The Bertz CT molecular complexity index is 330. The van der Waals surface area contributed by atoms with Crippen molar-refractivity contribution in [3.8, 4) is 0 Å². The zero-order valence-electron chi connectivity index (χ0n) is 7.77. The highest BCUT2D eigenvalue weighted by Gasteiger charge is 2.33. The highest BCUT2D eigenvalue weighted by Crippen LogP contribution is 2.28. The monoisotopic (exact) mass is 221 g/mol. The molecule has 2 heterocycles. The second kappa shape index (κ2) is 3.82. The zero-order chi connectivity index (χ0) is 10.9. The van der Waals surface area contributed by atoms with E-state index in [9.17, 15) is 13.2 Å². The molecule has 2 N–H and O–H groups in total. The first-order valence-electron chi connectivity index (χ1n) is 4.50. The fraction of sp³-hybridized carbons (Fsp3) is 0.625. The van der Waals surface area contributed by atoms with E-state index in [2.05, 4.69) is 15.3 Å². The lowest BCUT2D eigenvalue weighted by molar-refractivity contribution is -0.141. The molecule has 0 bridgehead atoms. The van der Waals surface area contributed by atoms with Gasteiger partial charge in [-0.2, -0.15) is 13.2 Å². The van der Waals surface area contributed by atoms with Crippen LogP contribution in [0.15, 0.2) is 6.20 Å². The van der Waals surface area contributed by atoms with Crippen molar-refractivity contribution in [1.29, 1.82) is 0 Å². The molecular formula is C8H10F3N3O. The van der Waals surface area contributed by atoms with Gasteiger partial charge in [0.15, 0.2) is 0 Å². The number of morpholine rings is 1. The average molecular weight is 221 g/mol. The maximum atomic E-state index is 12.2. The topological polar surface area (TPSA) is 49.9 Å². The van der Waals surface area contributed by atoms with Crippen LogP contribution < -0.4 is 5.32 Å². The van der Waals surface area contributed by atoms with Gasteiger partial charge in [-0.05, 0) is 0 Å². The van der Waals surface area contributed by atoms with Gasteiger partial charge in [0, 0.05) is 6.54 Å². The Labute approximate surface area is 83.8 Å². The smallest absolute Gasteiger partial charge is 0.378 e. The molecule has 2 rings (SSSR count). The summed E-state index contributed by atoms with van der Waals surface area (Å²) in [6, 6.07) is -0.283. The van der Waals surface area contributed by atoms with Gasteiger partial charge in [-0.15, -0.1) is 0 Å². The molecule has 1 aliphatic heterocycles. The van der Waals surface area contributed by atoms with Crippen molar-refractivity contribution in [2.45, 2.75) is 12.2 Å². The third-order valence-electron chi connectivity index (χ3n) is 2.15. The fourth-order valence-electron chi connectivity index (χ4n) is 1.40. The number of imidazole rings is 1. The van der Waals surface area contributed by atoms with Crippen molar-refractivity contribution in [2.75, 3.05) is 19.8 Å². The van der Waals surface area contributed by atoms with E-state index >= 15 is 0 Å². The highest BCUT2D eigenvalue weighted by atomic mass is 19.4. The molecule has 1 atom stereocenters. The summed E-state index contributed by atoms with van der Waals surface area (Å²) >= 11 is 0. The first-order valence-corrected chi connectivity index (χ1v) is 4.50. The Balaban J connectivity index is 2.12. The van der Waals surface area contributed by atoms with Crippen LogP contribution in [-0.2, 0) is 10.9 Å². The molecule has 1 fully saturated rings. The Morgan fingerprint density at radius 2 is 2.27 bits per heavy atom. The van der Waals surface area contributed by atoms with Crippen molar-refractivity contribution in [1.82, 2.24) is 15.3 Å². The second-order valence-electron chi connectivity index (χ2n) is 3.26. The number of hydrogen-bond acceptors (Lipinski definition) is 3. The summed E-state index contributed by atoms with van der Waals surface area (Å²) in [5.74, 6) is 0.266. The van der Waals surface area contributed by atoms with Gasteiger partial charge in [-0.1, -0.05) is 0 Å². The minimum absolute atomic E-state index is 0.266. The van der Waals surface area contributed by atoms with E-state index in [4.69, 9.17) is 4.74 Å². The van der Waals surface area contributed by atoms with Crippen molar-refractivity contribution in [3.05, 3.63) is 17.7 Å². The number of aromatic nitrogens is 2. The predicted molar refractivity (Wildman–Crippen MR) is 45.2 cm³/mol. The predicted octanol–water partition coefficient (Wildman–Crippen LogP) is 1.09. The van der Waals surface area contributed by atoms with Crippen LogP contribution in [0.5, 0.6) is 0 Å². The van der Waals surface area contributed by atoms with Gasteiger partial charge in [-0.3, -0.25) is 0 Å². The van der Waals surface area contributed by atoms with E-state index in [1.165, 1.54) is 0 Å². The summed E-state index contributed by atoms with van der Waals surface area (Å²) in [5.41, 5.74) is -0.829. The summed E-state index contributed by atoms with van der Waals surface area (Å²) in [6.45, 7) is 1.53. The SMILES string of the molecule is FC(F)(F)c1cnc(C2COCCN2)[nH]1. The summed E-state index contributed by atoms with van der Waals surface area (Å²) < 4.78 is 41.9. The number of ether oxygens (including phenoxy) is 1. The number of nitrogens with zero attached hydrogens (tertiary/aromatic N) is 1. The molecule has 15 heavy (non-hydrogen) atoms. The van der Waals surface area contributed by atoms with Gasteiger partial charge in [0.1, 0.15) is 11.5 Å². The fourth-order valence-corrected chi connectivity index (χ4v) is 1.40. The van der Waals surface area contributed by atoms with Crippen molar-refractivity contribution in [2.24, 2.45) is 0 Å². The Morgan fingerprint density at radius 1 is 1.47 bits per heavy atom. The molecule has 0 aromatic carbocycles. The molecule has 1 aromatic rings. The minimum Gasteiger partial charge on any atom is -0.378 e. The van der Waals surface area contributed by atoms with Crippen LogP contribution in [0, 0.1) is 0 Å². The molecule has 4 nitrogen and oxygen atoms in total. The van der Waals surface area contributed by atoms with Gasteiger partial charge in [0.25, 0.3) is 0 Å². The van der Waals surface area contributed by atoms with Crippen molar-refractivity contribution in [3.63, 3.8) is 0 Å². The van der Waals surface area contributed by atoms with E-state index in [0.717, 1.165) is 6.20 Å². The largest absolute Gasteiger partial charge is 0.432 e. The molecular weight excluding hydrogens is 211 g/mol. The van der Waals surface area contributed by atoms with Gasteiger partial charge in [-0.25, -0.2) is 4.98 Å². The van der Waals surface area contributed by atoms with Crippen LogP contribution in [0.1, 0.15) is 17.6 Å². The first kappa shape index (κ1) is 10.4. The molecule has 0 saturated carbocycles. The lowest BCUT2D eigenvalue weighted by Crippen LogP contribution is -2.35. The maximum absolute atomic E-state index is 12.2. The normalized spacial score (nSPS) is 23.0. The van der Waals surface area contributed by atoms with Crippen LogP contribution in [0.3, 0.4) is 0 Å². The van der Waals surface area contributed by atoms with E-state index in [1.807, 2.05) is 0 Å². The molecule has 0 aliphatic carbocycles. The molecule has 1 saturated heterocycles. The molecule has 7 heteroatoms. The van der Waals surface area contributed by atoms with Crippen LogP contribution in [-0.4, -0.2) is 29.7 Å². The molecule has 0 amide bonds. The molecule has 0 radical (unpaired) electrons. The molecule has 1 aliphatic rings. The Hall–Kier alpha value is -1.08. The van der Waals surface area contributed by atoms with Gasteiger partial charge in [0.2, 0.25) is 0 Å². The molecule has 1 unspecified atom stereocenters. The number of alkyl halides is 3. The van der Waals surface area contributed by atoms with Gasteiger partial charge in [0.05, 0.1) is 25.5 Å². The van der Waals surface area contributed by atoms with E-state index in [-0.39, 0.29) is 11.9 Å². The van der Waals surface area contributed by atoms with Crippen LogP contribution >= 0.6 is 0 Å². The van der Waals surface area contributed by atoms with Crippen LogP contribution in [0.4, 0.5) is 13.2 Å². The van der Waals surface area contributed by atoms with E-state index in [0.29, 0.717) is 19.8 Å². The number of nitrogens with one attached hydrogen (secondary N) is 2. The van der Waals surface area contributed by atoms with Crippen LogP contribution in [0.25, 0.3) is 0 Å². The lowest BCUT2D eigenvalue weighted by atomic mass is 10.2. The Morgan fingerprint density at radius 3 is 2.80 bits per heavy atom. The maximum Gasteiger partial charge on any atom is 0.432 e. The summed E-state index contributed by atoms with van der Waals surface area (Å²) in [7, 11) is 0. The number of aromatic amines is 1. The number of rotatable bonds is 1. The number of halogens is 3. The number of hydrogen-bond donors (Lipinski definition) is 2. The minimum atomic E-state index is -4.37. The first-order chi connectivity index (χ1) is 7.07. The summed E-state index contributed by atoms with van der Waals surface area (Å²) in [4.78, 5) is 5.93. The summed E-state index contributed by atoms with van der Waals surface area (Å²) in [5, 5.41) is 3.01. The van der Waals surface area contributed by atoms with E-state index < -0.39 is 11.9 Å². The van der Waals surface area contributed by atoms with Gasteiger partial charge >= 0.3 is 6.18 Å². The molecule has 0 spiro atoms. The standard InChI is InChI=1S/C8H10F3N3O/c9-8(10,11)6-3-13-7(14-6)5-4-15-2-1-12-5/h3,5,12H,1-2,4H2,(H,13,14). The Kier molecular flexibility index (Phi) is 2.66. The summed E-state index contributed by atoms with van der Waals surface area (Å²) in [6.07, 6.45) is -3.58. The lowest BCUT2D eigenvalue weighted by Gasteiger charge is -2.21. The third-order valence-corrected chi connectivity index (χ3v) is 2.15. The van der Waals surface area contributed by atoms with Crippen molar-refractivity contribution >= 4 is 0 Å². The van der Waals surface area contributed by atoms with Crippen molar-refractivity contribution < 1.29 is 17.9 Å². The van der Waals surface area contributed by atoms with Crippen LogP contribution in [0.2, 0.25) is 0 Å². The second-order valence-corrected chi connectivity index (χ2v) is 3.26. The highest BCUT2D eigenvalue weighted by molar-refractivity contribution is 5.08. The molecule has 1 aromatic heterocycles. The third kappa shape index (κ3) is 2.29. The van der Waals surface area contributed by atoms with E-state index in [1.54, 1.807) is 0 Å². The van der Waals surface area contributed by atoms with Gasteiger partial charge < -0.3 is 15.0 Å². The number of H-pyrrole nitrogens is 1.